The Morgan fingerprint density at radius 1 is 1.08 bits per heavy atom. The summed E-state index contributed by atoms with van der Waals surface area (Å²) in [5, 5.41) is 17.0. The molecular weight excluding hydrogens is 529 g/mol. The average Bonchev–Trinajstić information content (AvgIpc) is 2.91. The van der Waals surface area contributed by atoms with Crippen molar-refractivity contribution in [3.05, 3.63) is 105 Å². The summed E-state index contributed by atoms with van der Waals surface area (Å²) in [7, 11) is 0. The Kier molecular flexibility index (Phi) is 8.31. The number of rotatable bonds is 8. The molecule has 4 rings (SSSR count). The Morgan fingerprint density at radius 2 is 1.82 bits per heavy atom. The van der Waals surface area contributed by atoms with Gasteiger partial charge in [0, 0.05) is 29.2 Å². The van der Waals surface area contributed by atoms with Crippen molar-refractivity contribution in [1.82, 2.24) is 4.98 Å². The van der Waals surface area contributed by atoms with Crippen LogP contribution in [-0.2, 0) is 0 Å². The zero-order chi connectivity index (χ0) is 27.2. The first-order valence-corrected chi connectivity index (χ1v) is 12.0. The first-order chi connectivity index (χ1) is 18.3. The Hall–Kier alpha value is -4.32. The predicted octanol–water partition coefficient (Wildman–Crippen LogP) is 8.22. The highest BCUT2D eigenvalue weighted by Crippen LogP contribution is 2.37. The molecule has 1 heterocycles. The van der Waals surface area contributed by atoms with Gasteiger partial charge in [-0.3, -0.25) is 15.0 Å². The molecule has 0 radical (unpaired) electrons. The van der Waals surface area contributed by atoms with Gasteiger partial charge in [0.05, 0.1) is 44.8 Å². The van der Waals surface area contributed by atoms with Crippen LogP contribution >= 0.6 is 23.2 Å². The molecule has 0 fully saturated rings. The van der Waals surface area contributed by atoms with Crippen LogP contribution in [0.25, 0.3) is 10.9 Å². The van der Waals surface area contributed by atoms with Crippen molar-refractivity contribution in [2.45, 2.75) is 13.0 Å². The Labute approximate surface area is 228 Å². The van der Waals surface area contributed by atoms with E-state index in [1.165, 1.54) is 36.5 Å². The van der Waals surface area contributed by atoms with Crippen LogP contribution < -0.4 is 10.6 Å². The van der Waals surface area contributed by atoms with Crippen LogP contribution in [0.5, 0.6) is 0 Å². The molecule has 2 N–H and O–H groups in total. The largest absolute Gasteiger partial charge is 0.373 e. The average molecular weight is 549 g/mol. The quantitative estimate of drug-likeness (QED) is 0.217. The Bertz CT molecular complexity index is 1610. The summed E-state index contributed by atoms with van der Waals surface area (Å²) < 4.78 is 27.4. The number of aromatic nitrogens is 1. The third-order valence-electron chi connectivity index (χ3n) is 5.58. The van der Waals surface area contributed by atoms with Gasteiger partial charge in [-0.25, -0.2) is 8.78 Å². The number of halogens is 4. The highest BCUT2D eigenvalue weighted by Gasteiger charge is 2.19. The lowest BCUT2D eigenvalue weighted by molar-refractivity contribution is 0.626. The summed E-state index contributed by atoms with van der Waals surface area (Å²) in [4.78, 5) is 12.6. The smallest absolute Gasteiger partial charge is 0.141 e. The van der Waals surface area contributed by atoms with Crippen molar-refractivity contribution in [2.24, 2.45) is 9.98 Å². The lowest BCUT2D eigenvalue weighted by atomic mass is 10.0. The summed E-state index contributed by atoms with van der Waals surface area (Å²) in [5.41, 5.74) is 3.31. The summed E-state index contributed by atoms with van der Waals surface area (Å²) in [6.07, 6.45) is 4.56. The van der Waals surface area contributed by atoms with Crippen LogP contribution in [0.2, 0.25) is 10.0 Å². The van der Waals surface area contributed by atoms with Crippen molar-refractivity contribution in [2.75, 3.05) is 10.6 Å². The second kappa shape index (κ2) is 11.8. The van der Waals surface area contributed by atoms with Crippen molar-refractivity contribution in [3.63, 3.8) is 0 Å². The molecule has 38 heavy (non-hydrogen) atoms. The van der Waals surface area contributed by atoms with Gasteiger partial charge in [0.1, 0.15) is 17.7 Å². The number of nitrogens with one attached hydrogen (secondary N) is 2. The molecule has 0 aliphatic carbocycles. The zero-order valence-electron chi connectivity index (χ0n) is 20.0. The molecule has 1 aromatic heterocycles. The molecule has 10 heteroatoms. The maximum atomic E-state index is 13.7. The summed E-state index contributed by atoms with van der Waals surface area (Å²) >= 11 is 12.6. The first-order valence-electron chi connectivity index (χ1n) is 11.3. The zero-order valence-corrected chi connectivity index (χ0v) is 21.5. The Morgan fingerprint density at radius 3 is 2.47 bits per heavy atom. The van der Waals surface area contributed by atoms with Crippen LogP contribution in [-0.4, -0.2) is 17.9 Å². The molecule has 3 aromatic carbocycles. The van der Waals surface area contributed by atoms with Gasteiger partial charge in [0.15, 0.2) is 0 Å². The van der Waals surface area contributed by atoms with Crippen molar-refractivity contribution >= 4 is 64.1 Å². The van der Waals surface area contributed by atoms with E-state index in [-0.39, 0.29) is 16.4 Å². The van der Waals surface area contributed by atoms with Crippen LogP contribution in [0.1, 0.15) is 24.1 Å². The van der Waals surface area contributed by atoms with Crippen molar-refractivity contribution in [1.29, 1.82) is 5.26 Å². The monoisotopic (exact) mass is 548 g/mol. The Balaban J connectivity index is 1.85. The van der Waals surface area contributed by atoms with E-state index in [1.54, 1.807) is 43.6 Å². The number of hydrogen-bond acceptors (Lipinski definition) is 6. The second-order valence-electron chi connectivity index (χ2n) is 8.02. The molecule has 0 bridgehead atoms. The van der Waals surface area contributed by atoms with Gasteiger partial charge >= 0.3 is 0 Å². The van der Waals surface area contributed by atoms with Gasteiger partial charge in [-0.1, -0.05) is 35.3 Å². The number of aliphatic imine (C=N–C) groups is 2. The van der Waals surface area contributed by atoms with Gasteiger partial charge in [0.25, 0.3) is 0 Å². The number of benzene rings is 3. The number of nitriles is 1. The number of hydrogen-bond donors (Lipinski definition) is 2. The van der Waals surface area contributed by atoms with E-state index in [4.69, 9.17) is 23.2 Å². The third kappa shape index (κ3) is 5.80. The summed E-state index contributed by atoms with van der Waals surface area (Å²) in [5.74, 6) is -0.942. The van der Waals surface area contributed by atoms with E-state index in [2.05, 4.69) is 38.4 Å². The SMILES string of the molecule is C=N/C(=C\N=C/C)C(Nc1cc(Cl)c2ncc(C#N)c(Nc3ccc(F)c(Cl)c3)c2c1)c1ccc(F)cc1. The van der Waals surface area contributed by atoms with Gasteiger partial charge in [-0.15, -0.1) is 0 Å². The normalized spacial score (nSPS) is 12.4. The highest BCUT2D eigenvalue weighted by atomic mass is 35.5. The van der Waals surface area contributed by atoms with E-state index in [0.717, 1.165) is 0 Å². The molecule has 190 valence electrons. The molecular formula is C28H20Cl2F2N6. The third-order valence-corrected chi connectivity index (χ3v) is 6.16. The number of fused-ring (bicyclic) bond motifs is 1. The first kappa shape index (κ1) is 26.7. The molecule has 0 saturated carbocycles. The maximum Gasteiger partial charge on any atom is 0.141 e. The fourth-order valence-corrected chi connectivity index (χ4v) is 4.24. The molecule has 1 unspecified atom stereocenters. The van der Waals surface area contributed by atoms with Crippen molar-refractivity contribution < 1.29 is 8.78 Å². The minimum absolute atomic E-state index is 0.0691. The molecule has 0 saturated heterocycles. The van der Waals surface area contributed by atoms with Crippen LogP contribution in [0, 0.1) is 23.0 Å². The molecule has 1 atom stereocenters. The maximum absolute atomic E-state index is 13.7. The van der Waals surface area contributed by atoms with Gasteiger partial charge in [-0.05, 0) is 61.7 Å². The minimum Gasteiger partial charge on any atom is -0.373 e. The number of pyridine rings is 1. The van der Waals surface area contributed by atoms with Crippen LogP contribution in [0.4, 0.5) is 25.8 Å². The van der Waals surface area contributed by atoms with Crippen molar-refractivity contribution in [3.8, 4) is 6.07 Å². The van der Waals surface area contributed by atoms with E-state index in [0.29, 0.717) is 44.2 Å². The summed E-state index contributed by atoms with van der Waals surface area (Å²) in [6, 6.07) is 15.1. The fraction of sp³-hybridized carbons (Fsp3) is 0.0714. The number of anilines is 3. The van der Waals surface area contributed by atoms with Gasteiger partial charge in [-0.2, -0.15) is 5.26 Å². The van der Waals surface area contributed by atoms with E-state index >= 15 is 0 Å². The van der Waals surface area contributed by atoms with Crippen LogP contribution in [0.3, 0.4) is 0 Å². The minimum atomic E-state index is -0.565. The molecule has 0 spiro atoms. The predicted molar refractivity (Wildman–Crippen MR) is 151 cm³/mol. The topological polar surface area (TPSA) is 85.5 Å². The molecule has 0 aliphatic heterocycles. The highest BCUT2D eigenvalue weighted by molar-refractivity contribution is 6.36. The van der Waals surface area contributed by atoms with E-state index in [9.17, 15) is 14.0 Å². The van der Waals surface area contributed by atoms with Gasteiger partial charge in [0.2, 0.25) is 0 Å². The molecule has 0 amide bonds. The fourth-order valence-electron chi connectivity index (χ4n) is 3.79. The standard InChI is InChI=1S/C28H20Cl2F2N6/c1-3-35-15-25(34-2)27(16-4-6-18(31)7-5-16)38-20-10-21-26(37-19-8-9-24(32)22(29)11-19)17(13-33)14-36-28(21)23(30)12-20/h3-12,14-15,27,38H,2H2,1H3,(H,36,37)/b25-15-,35-3-. The van der Waals surface area contributed by atoms with E-state index < -0.39 is 11.9 Å². The molecule has 4 aromatic rings. The van der Waals surface area contributed by atoms with Gasteiger partial charge < -0.3 is 10.6 Å². The molecule has 6 nitrogen and oxygen atoms in total. The lowest BCUT2D eigenvalue weighted by Gasteiger charge is -2.22. The lowest BCUT2D eigenvalue weighted by Crippen LogP contribution is -2.13. The summed E-state index contributed by atoms with van der Waals surface area (Å²) in [6.45, 7) is 5.43. The second-order valence-corrected chi connectivity index (χ2v) is 8.83. The van der Waals surface area contributed by atoms with E-state index in [1.807, 2.05) is 0 Å². The molecule has 0 aliphatic rings. The van der Waals surface area contributed by atoms with Crippen LogP contribution in [0.15, 0.2) is 82.7 Å². The number of nitrogens with zero attached hydrogens (tertiary/aromatic N) is 4.